The lowest BCUT2D eigenvalue weighted by molar-refractivity contribution is -0.671. The van der Waals surface area contributed by atoms with Crippen LogP contribution in [0.1, 0.15) is 279 Å². The lowest BCUT2D eigenvalue weighted by Crippen LogP contribution is -3.00. The third-order valence-corrected chi connectivity index (χ3v) is 21.7. The van der Waals surface area contributed by atoms with Crippen LogP contribution in [0, 0.1) is 0 Å². The highest BCUT2D eigenvalue weighted by atomic mass is 35.5. The Balaban J connectivity index is 0.00000605. The standard InChI is InChI=1S/C94H124N6.2ClH/c1-87(2,3)73-49-65(50-74(57-73)88(4,5)6)61-97-81(69-37-29-25-30-38-69)82(70-39-31-26-32-40-70)98(62-66-51-75(89(7,8)9)58-76(52-66)90(10,11)12)85(97)95-45-47-96(48-46-95)86-99(63-67-53-77(91(13,14)15)59-78(54-67)92(16,17)18)83(71-41-33-27-34-42-71)84(72-43-35-28-36-44-72)100(86)64-68-55-79(93(19,20)21)60-80(56-68)94(22,23)24;;/h25-44,49-60,81-84H,45-48,61-64H2,1-24H3;2*1H/q+2;;/p-2/t81-,82-,83-,84-;;/m1../s1. The topological polar surface area (TPSA) is 19.0 Å². The summed E-state index contributed by atoms with van der Waals surface area (Å²) in [5.74, 6) is 2.63. The molecule has 4 atom stereocenters. The van der Waals surface area contributed by atoms with Gasteiger partial charge in [-0.25, -0.2) is 19.6 Å². The molecule has 8 aromatic rings. The van der Waals surface area contributed by atoms with Gasteiger partial charge in [0.25, 0.3) is 0 Å². The predicted molar refractivity (Wildman–Crippen MR) is 424 cm³/mol. The Morgan fingerprint density at radius 1 is 0.235 bits per heavy atom. The second kappa shape index (κ2) is 29.8. The van der Waals surface area contributed by atoms with Gasteiger partial charge in [-0.3, -0.25) is 9.15 Å². The molecule has 3 heterocycles. The molecule has 0 radical (unpaired) electrons. The summed E-state index contributed by atoms with van der Waals surface area (Å²) in [6.07, 6.45) is 0. The quantitative estimate of drug-likeness (QED) is 0.114. The Hall–Kier alpha value is -7.12. The van der Waals surface area contributed by atoms with E-state index < -0.39 is 0 Å². The van der Waals surface area contributed by atoms with Gasteiger partial charge in [-0.2, -0.15) is 0 Å². The van der Waals surface area contributed by atoms with Crippen molar-refractivity contribution in [2.24, 2.45) is 0 Å². The van der Waals surface area contributed by atoms with E-state index in [4.69, 9.17) is 0 Å². The number of guanidine groups is 2. The molecule has 0 aromatic heterocycles. The normalized spacial score (nSPS) is 18.3. The van der Waals surface area contributed by atoms with Gasteiger partial charge in [0.05, 0.1) is 52.4 Å². The SMILES string of the molecule is CC(C)(C)c1cc(CN2C(=[N+]3CC[N+](=C4N(Cc5cc(C(C)(C)C)cc(C(C)(C)C)c5)[C@H](c5ccccc5)[C@@H](c5ccccc5)N4Cc4cc(C(C)(C)C)cc(C(C)(C)C)c4)CC3)N(Cc3cc(C(C)(C)C)cc(C(C)(C)C)c3)[C@H](c3ccccc3)[C@H]2c2ccccc2)cc(C(C)(C)C)c1.[Cl-].[Cl-]. The van der Waals surface area contributed by atoms with Crippen LogP contribution in [-0.4, -0.2) is 66.8 Å². The minimum Gasteiger partial charge on any atom is -1.00 e. The number of nitrogens with zero attached hydrogens (tertiary/aromatic N) is 6. The predicted octanol–water partition coefficient (Wildman–Crippen LogP) is 16.1. The van der Waals surface area contributed by atoms with E-state index in [1.807, 2.05) is 0 Å². The maximum atomic E-state index is 2.87. The number of benzene rings is 8. The summed E-state index contributed by atoms with van der Waals surface area (Å²) in [6.45, 7) is 63.6. The average Bonchev–Trinajstić information content (AvgIpc) is 1.58. The second-order valence-electron chi connectivity index (χ2n) is 38.2. The summed E-state index contributed by atoms with van der Waals surface area (Å²) >= 11 is 0. The van der Waals surface area contributed by atoms with Crippen molar-refractivity contribution < 1.29 is 34.0 Å². The van der Waals surface area contributed by atoms with Crippen molar-refractivity contribution in [3.8, 4) is 0 Å². The van der Waals surface area contributed by atoms with Crippen LogP contribution in [-0.2, 0) is 69.5 Å². The lowest BCUT2D eigenvalue weighted by Gasteiger charge is -2.31. The third-order valence-electron chi connectivity index (χ3n) is 21.7. The molecule has 0 saturated carbocycles. The third kappa shape index (κ3) is 17.6. The molecule has 3 saturated heterocycles. The fourth-order valence-corrected chi connectivity index (χ4v) is 15.5. The fraction of sp³-hybridized carbons (Fsp3) is 0.468. The molecule has 0 aliphatic carbocycles. The van der Waals surface area contributed by atoms with Crippen molar-refractivity contribution in [3.63, 3.8) is 0 Å². The van der Waals surface area contributed by atoms with Crippen LogP contribution in [0.15, 0.2) is 194 Å². The summed E-state index contributed by atoms with van der Waals surface area (Å²) in [7, 11) is 0. The van der Waals surface area contributed by atoms with E-state index in [2.05, 4.69) is 389 Å². The van der Waals surface area contributed by atoms with Crippen molar-refractivity contribution in [1.82, 2.24) is 19.6 Å². The van der Waals surface area contributed by atoms with Gasteiger partial charge in [0, 0.05) is 0 Å². The Morgan fingerprint density at radius 3 is 0.520 bits per heavy atom. The monoisotopic (exact) mass is 1410 g/mol. The van der Waals surface area contributed by atoms with Crippen LogP contribution >= 0.6 is 0 Å². The number of halogens is 2. The minimum absolute atomic E-state index is 0. The minimum atomic E-state index is -0.0442. The van der Waals surface area contributed by atoms with Crippen LogP contribution in [0.3, 0.4) is 0 Å². The second-order valence-corrected chi connectivity index (χ2v) is 38.2. The highest BCUT2D eigenvalue weighted by Crippen LogP contribution is 2.50. The number of hydrogen-bond donors (Lipinski definition) is 0. The molecule has 6 nitrogen and oxygen atoms in total. The van der Waals surface area contributed by atoms with E-state index >= 15 is 0 Å². The molecule has 102 heavy (non-hydrogen) atoms. The molecule has 3 fully saturated rings. The van der Waals surface area contributed by atoms with Crippen LogP contribution in [0.4, 0.5) is 0 Å². The van der Waals surface area contributed by atoms with Gasteiger partial charge in [0.1, 0.15) is 24.2 Å². The van der Waals surface area contributed by atoms with Crippen molar-refractivity contribution >= 4 is 11.9 Å². The molecule has 8 heteroatoms. The van der Waals surface area contributed by atoms with Crippen LogP contribution in [0.5, 0.6) is 0 Å². The molecule has 0 N–H and O–H groups in total. The number of piperazine rings is 1. The van der Waals surface area contributed by atoms with Gasteiger partial charge in [0.15, 0.2) is 0 Å². The molecule has 0 spiro atoms. The number of hydrogen-bond acceptors (Lipinski definition) is 0. The van der Waals surface area contributed by atoms with Crippen molar-refractivity contribution in [1.29, 1.82) is 0 Å². The Morgan fingerprint density at radius 2 is 0.382 bits per heavy atom. The zero-order valence-electron chi connectivity index (χ0n) is 66.9. The smallest absolute Gasteiger partial charge is 0.352 e. The highest BCUT2D eigenvalue weighted by Gasteiger charge is 2.56. The first kappa shape index (κ1) is 79.0. The maximum absolute atomic E-state index is 2.87. The zero-order chi connectivity index (χ0) is 72.5. The molecular formula is C94H124Cl2N6. The molecule has 11 rings (SSSR count). The first-order chi connectivity index (χ1) is 46.6. The van der Waals surface area contributed by atoms with E-state index in [1.54, 1.807) is 0 Å². The fourth-order valence-electron chi connectivity index (χ4n) is 15.5. The van der Waals surface area contributed by atoms with E-state index in [-0.39, 0.29) is 92.3 Å². The van der Waals surface area contributed by atoms with Gasteiger partial charge < -0.3 is 24.8 Å². The molecule has 3 aliphatic heterocycles. The Bertz CT molecular complexity index is 3570. The van der Waals surface area contributed by atoms with Crippen LogP contribution in [0.2, 0.25) is 0 Å². The largest absolute Gasteiger partial charge is 1.00 e. The summed E-state index contributed by atoms with van der Waals surface area (Å²) < 4.78 is 5.68. The molecule has 8 aromatic carbocycles. The van der Waals surface area contributed by atoms with Gasteiger partial charge in [-0.05, 0) is 132 Å². The van der Waals surface area contributed by atoms with Gasteiger partial charge in [-0.15, -0.1) is 0 Å². The van der Waals surface area contributed by atoms with Gasteiger partial charge in [0.2, 0.25) is 0 Å². The molecule has 0 bridgehead atoms. The Kier molecular flexibility index (Phi) is 23.1. The lowest BCUT2D eigenvalue weighted by atomic mass is 9.79. The van der Waals surface area contributed by atoms with Crippen molar-refractivity contribution in [3.05, 3.63) is 283 Å². The van der Waals surface area contributed by atoms with Gasteiger partial charge >= 0.3 is 11.9 Å². The van der Waals surface area contributed by atoms with Crippen LogP contribution in [0.25, 0.3) is 0 Å². The zero-order valence-corrected chi connectivity index (χ0v) is 68.4. The molecule has 544 valence electrons. The van der Waals surface area contributed by atoms with Crippen LogP contribution < -0.4 is 24.8 Å². The summed E-state index contributed by atoms with van der Waals surface area (Å²) in [5.41, 5.74) is 21.5. The molecule has 0 amide bonds. The number of rotatable bonds is 12. The summed E-state index contributed by atoms with van der Waals surface area (Å²) in [5, 5.41) is 0. The molecule has 3 aliphatic rings. The molecule has 0 unspecified atom stereocenters. The van der Waals surface area contributed by atoms with E-state index in [0.717, 1.165) is 52.4 Å². The van der Waals surface area contributed by atoms with Gasteiger partial charge in [-0.1, -0.05) is 360 Å². The van der Waals surface area contributed by atoms with E-state index in [1.165, 1.54) is 101 Å². The molecular weight excluding hydrogens is 1280 g/mol. The first-order valence-corrected chi connectivity index (χ1v) is 37.7. The summed E-state index contributed by atoms with van der Waals surface area (Å²) in [6, 6.07) is 76.5. The van der Waals surface area contributed by atoms with E-state index in [9.17, 15) is 0 Å². The van der Waals surface area contributed by atoms with Crippen molar-refractivity contribution in [2.45, 2.75) is 260 Å². The van der Waals surface area contributed by atoms with Crippen molar-refractivity contribution in [2.75, 3.05) is 26.2 Å². The maximum Gasteiger partial charge on any atom is 0.352 e. The first-order valence-electron chi connectivity index (χ1n) is 37.7. The van der Waals surface area contributed by atoms with E-state index in [0.29, 0.717) is 0 Å². The average molecular weight is 1410 g/mol. The Labute approximate surface area is 630 Å². The highest BCUT2D eigenvalue weighted by molar-refractivity contribution is 5.81. The summed E-state index contributed by atoms with van der Waals surface area (Å²) in [4.78, 5) is 11.5.